The summed E-state index contributed by atoms with van der Waals surface area (Å²) in [6, 6.07) is 15.6. The Balaban J connectivity index is 1.94. The second-order valence-corrected chi connectivity index (χ2v) is 8.23. The molecule has 0 bridgehead atoms. The van der Waals surface area contributed by atoms with E-state index in [0.717, 1.165) is 11.3 Å². The van der Waals surface area contributed by atoms with Gasteiger partial charge in [-0.25, -0.2) is 8.42 Å². The molecule has 0 unspecified atom stereocenters. The zero-order valence-corrected chi connectivity index (χ0v) is 16.2. The van der Waals surface area contributed by atoms with Crippen LogP contribution in [0.4, 0.5) is 0 Å². The van der Waals surface area contributed by atoms with Crippen molar-refractivity contribution in [2.45, 2.75) is 19.2 Å². The van der Waals surface area contributed by atoms with Crippen molar-refractivity contribution < 1.29 is 17.9 Å². The third-order valence-corrected chi connectivity index (χ3v) is 5.35. The van der Waals surface area contributed by atoms with Crippen molar-refractivity contribution in [2.24, 2.45) is 0 Å². The first-order valence-corrected chi connectivity index (χ1v) is 10.3. The largest absolute Gasteiger partial charge is 0.494 e. The molecular formula is C20H22N2O4S. The Labute approximate surface area is 159 Å². The van der Waals surface area contributed by atoms with Crippen molar-refractivity contribution in [2.75, 3.05) is 19.4 Å². The highest BCUT2D eigenvalue weighted by Crippen LogP contribution is 2.14. The molecule has 0 saturated heterocycles. The van der Waals surface area contributed by atoms with Gasteiger partial charge in [0.25, 0.3) is 0 Å². The van der Waals surface area contributed by atoms with Crippen LogP contribution in [0.1, 0.15) is 23.6 Å². The lowest BCUT2D eigenvalue weighted by Crippen LogP contribution is -2.32. The molecular weight excluding hydrogens is 364 g/mol. The molecule has 0 fully saturated rings. The highest BCUT2D eigenvalue weighted by Gasteiger charge is 2.20. The number of rotatable bonds is 8. The molecule has 2 aromatic rings. The Kier molecular flexibility index (Phi) is 6.97. The number of nitrogens with zero attached hydrogens (tertiary/aromatic N) is 2. The summed E-state index contributed by atoms with van der Waals surface area (Å²) in [6.07, 6.45) is 0. The molecule has 0 spiro atoms. The number of hydrogen-bond donors (Lipinski definition) is 0. The normalized spacial score (nSPS) is 10.9. The van der Waals surface area contributed by atoms with Crippen molar-refractivity contribution in [1.82, 2.24) is 4.90 Å². The summed E-state index contributed by atoms with van der Waals surface area (Å²) in [5.74, 6) is -0.500. The maximum atomic E-state index is 12.3. The van der Waals surface area contributed by atoms with Gasteiger partial charge >= 0.3 is 0 Å². The molecule has 0 atom stereocenters. The summed E-state index contributed by atoms with van der Waals surface area (Å²) < 4.78 is 30.0. The van der Waals surface area contributed by atoms with Crippen LogP contribution >= 0.6 is 0 Å². The standard InChI is InChI=1S/C20H22N2O4S/c1-3-26-19-10-8-17(9-11-19)13-22(2)20(23)15-27(24,25)14-18-6-4-16(12-21)5-7-18/h4-11H,3,13-15H2,1-2H3. The molecule has 0 N–H and O–H groups in total. The van der Waals surface area contributed by atoms with Gasteiger partial charge in [0, 0.05) is 13.6 Å². The van der Waals surface area contributed by atoms with Crippen LogP contribution in [0.2, 0.25) is 0 Å². The Morgan fingerprint density at radius 1 is 1.07 bits per heavy atom. The monoisotopic (exact) mass is 386 g/mol. The Morgan fingerprint density at radius 2 is 1.67 bits per heavy atom. The topological polar surface area (TPSA) is 87.5 Å². The molecule has 0 aromatic heterocycles. The van der Waals surface area contributed by atoms with Gasteiger partial charge in [0.15, 0.2) is 9.84 Å². The number of carbonyl (C=O) groups is 1. The van der Waals surface area contributed by atoms with E-state index < -0.39 is 21.5 Å². The van der Waals surface area contributed by atoms with E-state index in [1.807, 2.05) is 37.3 Å². The smallest absolute Gasteiger partial charge is 0.237 e. The number of benzene rings is 2. The van der Waals surface area contributed by atoms with Gasteiger partial charge < -0.3 is 9.64 Å². The number of nitriles is 1. The van der Waals surface area contributed by atoms with Crippen molar-refractivity contribution in [3.8, 4) is 11.8 Å². The molecule has 2 rings (SSSR count). The first-order valence-electron chi connectivity index (χ1n) is 8.48. The fourth-order valence-electron chi connectivity index (χ4n) is 2.50. The summed E-state index contributed by atoms with van der Waals surface area (Å²) in [7, 11) is -2.02. The van der Waals surface area contributed by atoms with Crippen LogP contribution < -0.4 is 4.74 Å². The molecule has 0 saturated carbocycles. The summed E-state index contributed by atoms with van der Waals surface area (Å²) in [5.41, 5.74) is 1.90. The van der Waals surface area contributed by atoms with Crippen LogP contribution in [0.15, 0.2) is 48.5 Å². The van der Waals surface area contributed by atoms with Crippen molar-refractivity contribution in [1.29, 1.82) is 5.26 Å². The molecule has 2 aromatic carbocycles. The zero-order valence-electron chi connectivity index (χ0n) is 15.4. The predicted molar refractivity (Wildman–Crippen MR) is 103 cm³/mol. The van der Waals surface area contributed by atoms with Crippen molar-refractivity contribution >= 4 is 15.7 Å². The Bertz CT molecular complexity index is 914. The van der Waals surface area contributed by atoms with Crippen LogP contribution in [0.5, 0.6) is 5.75 Å². The minimum absolute atomic E-state index is 0.235. The summed E-state index contributed by atoms with van der Waals surface area (Å²) in [6.45, 7) is 2.80. The fourth-order valence-corrected chi connectivity index (χ4v) is 3.90. The predicted octanol–water partition coefficient (Wildman–Crippen LogP) is 2.53. The lowest BCUT2D eigenvalue weighted by atomic mass is 10.2. The molecule has 6 nitrogen and oxygen atoms in total. The number of ether oxygens (including phenoxy) is 1. The number of carbonyl (C=O) groups excluding carboxylic acids is 1. The van der Waals surface area contributed by atoms with Crippen LogP contribution in [0.25, 0.3) is 0 Å². The summed E-state index contributed by atoms with van der Waals surface area (Å²) in [5, 5.41) is 8.78. The van der Waals surface area contributed by atoms with Gasteiger partial charge in [-0.15, -0.1) is 0 Å². The number of amides is 1. The van der Waals surface area contributed by atoms with Gasteiger partial charge in [-0.1, -0.05) is 24.3 Å². The maximum Gasteiger partial charge on any atom is 0.237 e. The molecule has 27 heavy (non-hydrogen) atoms. The molecule has 0 aliphatic carbocycles. The SMILES string of the molecule is CCOc1ccc(CN(C)C(=O)CS(=O)(=O)Cc2ccc(C#N)cc2)cc1. The highest BCUT2D eigenvalue weighted by molar-refractivity contribution is 7.91. The fraction of sp³-hybridized carbons (Fsp3) is 0.300. The quantitative estimate of drug-likeness (QED) is 0.696. The summed E-state index contributed by atoms with van der Waals surface area (Å²) >= 11 is 0. The number of sulfone groups is 1. The lowest BCUT2D eigenvalue weighted by Gasteiger charge is -2.17. The first kappa shape index (κ1) is 20.5. The van der Waals surface area contributed by atoms with Crippen LogP contribution in [0, 0.1) is 11.3 Å². The average molecular weight is 386 g/mol. The van der Waals surface area contributed by atoms with Gasteiger partial charge in [0.1, 0.15) is 11.5 Å². The summed E-state index contributed by atoms with van der Waals surface area (Å²) in [4.78, 5) is 13.7. The van der Waals surface area contributed by atoms with E-state index in [4.69, 9.17) is 10.00 Å². The van der Waals surface area contributed by atoms with Gasteiger partial charge in [-0.3, -0.25) is 4.79 Å². The van der Waals surface area contributed by atoms with E-state index in [1.165, 1.54) is 4.90 Å². The molecule has 142 valence electrons. The van der Waals surface area contributed by atoms with Crippen molar-refractivity contribution in [3.05, 3.63) is 65.2 Å². The van der Waals surface area contributed by atoms with Gasteiger partial charge in [-0.05, 0) is 42.3 Å². The van der Waals surface area contributed by atoms with E-state index in [-0.39, 0.29) is 5.75 Å². The van der Waals surface area contributed by atoms with E-state index >= 15 is 0 Å². The van der Waals surface area contributed by atoms with Crippen LogP contribution in [-0.2, 0) is 26.9 Å². The second-order valence-electron chi connectivity index (χ2n) is 6.17. The zero-order chi connectivity index (χ0) is 19.9. The van der Waals surface area contributed by atoms with E-state index in [9.17, 15) is 13.2 Å². The minimum atomic E-state index is -3.60. The van der Waals surface area contributed by atoms with Gasteiger partial charge in [-0.2, -0.15) is 5.26 Å². The van der Waals surface area contributed by atoms with Gasteiger partial charge in [0.05, 0.1) is 24.0 Å². The Morgan fingerprint density at radius 3 is 2.22 bits per heavy atom. The molecule has 0 aliphatic heterocycles. The van der Waals surface area contributed by atoms with Crippen LogP contribution in [0.3, 0.4) is 0 Å². The number of hydrogen-bond acceptors (Lipinski definition) is 5. The third-order valence-electron chi connectivity index (χ3n) is 3.89. The Hall–Kier alpha value is -2.85. The molecule has 0 heterocycles. The molecule has 7 heteroatoms. The first-order chi connectivity index (χ1) is 12.8. The van der Waals surface area contributed by atoms with E-state index in [2.05, 4.69) is 0 Å². The molecule has 1 amide bonds. The third kappa shape index (κ3) is 6.42. The van der Waals surface area contributed by atoms with E-state index in [1.54, 1.807) is 31.3 Å². The minimum Gasteiger partial charge on any atom is -0.494 e. The maximum absolute atomic E-state index is 12.3. The lowest BCUT2D eigenvalue weighted by molar-refractivity contribution is -0.127. The van der Waals surface area contributed by atoms with Gasteiger partial charge in [0.2, 0.25) is 5.91 Å². The van der Waals surface area contributed by atoms with Crippen molar-refractivity contribution in [3.63, 3.8) is 0 Å². The van der Waals surface area contributed by atoms with E-state index in [0.29, 0.717) is 24.3 Å². The van der Waals surface area contributed by atoms with Crippen LogP contribution in [-0.4, -0.2) is 38.6 Å². The second kappa shape index (κ2) is 9.19. The molecule has 0 aliphatic rings. The highest BCUT2D eigenvalue weighted by atomic mass is 32.2. The molecule has 0 radical (unpaired) electrons. The average Bonchev–Trinajstić information content (AvgIpc) is 2.63.